The Kier molecular flexibility index (Phi) is 5.07. The summed E-state index contributed by atoms with van der Waals surface area (Å²) in [5.41, 5.74) is 0.831. The SMILES string of the molecule is CC(C)Cc1ccc(S(=O)(=O)NC2(C)CCNCC2)cc1. The highest BCUT2D eigenvalue weighted by molar-refractivity contribution is 7.89. The van der Waals surface area contributed by atoms with Gasteiger partial charge in [0.2, 0.25) is 10.0 Å². The molecule has 0 saturated carbocycles. The van der Waals surface area contributed by atoms with Crippen LogP contribution in [0.4, 0.5) is 0 Å². The monoisotopic (exact) mass is 310 g/mol. The first-order valence-electron chi connectivity index (χ1n) is 7.64. The molecular formula is C16H26N2O2S. The molecule has 0 unspecified atom stereocenters. The summed E-state index contributed by atoms with van der Waals surface area (Å²) in [6, 6.07) is 7.26. The minimum absolute atomic E-state index is 0.347. The van der Waals surface area contributed by atoms with Crippen molar-refractivity contribution in [2.24, 2.45) is 5.92 Å². The van der Waals surface area contributed by atoms with Gasteiger partial charge in [-0.15, -0.1) is 0 Å². The molecule has 0 aliphatic carbocycles. The van der Waals surface area contributed by atoms with Gasteiger partial charge in [0.1, 0.15) is 0 Å². The summed E-state index contributed by atoms with van der Waals surface area (Å²) in [7, 11) is -3.44. The summed E-state index contributed by atoms with van der Waals surface area (Å²) >= 11 is 0. The summed E-state index contributed by atoms with van der Waals surface area (Å²) in [6.07, 6.45) is 2.60. The summed E-state index contributed by atoms with van der Waals surface area (Å²) in [5.74, 6) is 0.569. The van der Waals surface area contributed by atoms with Gasteiger partial charge in [0.15, 0.2) is 0 Å². The van der Waals surface area contributed by atoms with Crippen molar-refractivity contribution in [3.63, 3.8) is 0 Å². The van der Waals surface area contributed by atoms with E-state index in [1.54, 1.807) is 12.1 Å². The van der Waals surface area contributed by atoms with E-state index in [4.69, 9.17) is 0 Å². The first-order valence-corrected chi connectivity index (χ1v) is 9.13. The first kappa shape index (κ1) is 16.5. The van der Waals surface area contributed by atoms with Gasteiger partial charge in [0.05, 0.1) is 4.90 Å². The van der Waals surface area contributed by atoms with Gasteiger partial charge in [-0.3, -0.25) is 0 Å². The van der Waals surface area contributed by atoms with Crippen molar-refractivity contribution >= 4 is 10.0 Å². The van der Waals surface area contributed by atoms with Crippen LogP contribution >= 0.6 is 0 Å². The third-order valence-corrected chi connectivity index (χ3v) is 5.62. The molecule has 1 fully saturated rings. The maximum atomic E-state index is 12.5. The highest BCUT2D eigenvalue weighted by atomic mass is 32.2. The van der Waals surface area contributed by atoms with Gasteiger partial charge >= 0.3 is 0 Å². The quantitative estimate of drug-likeness (QED) is 0.877. The molecule has 0 aromatic heterocycles. The molecule has 4 nitrogen and oxygen atoms in total. The summed E-state index contributed by atoms with van der Waals surface area (Å²) in [5, 5.41) is 3.26. The van der Waals surface area contributed by atoms with E-state index in [-0.39, 0.29) is 5.54 Å². The third-order valence-electron chi connectivity index (χ3n) is 3.97. The normalized spacial score (nSPS) is 18.9. The van der Waals surface area contributed by atoms with Crippen LogP contribution in [0.5, 0.6) is 0 Å². The van der Waals surface area contributed by atoms with E-state index in [0.717, 1.165) is 32.4 Å². The van der Waals surface area contributed by atoms with Gasteiger partial charge in [-0.2, -0.15) is 0 Å². The minimum Gasteiger partial charge on any atom is -0.317 e. The van der Waals surface area contributed by atoms with Gasteiger partial charge in [-0.1, -0.05) is 26.0 Å². The Morgan fingerprint density at radius 1 is 1.19 bits per heavy atom. The van der Waals surface area contributed by atoms with Crippen molar-refractivity contribution in [2.75, 3.05) is 13.1 Å². The van der Waals surface area contributed by atoms with Crippen LogP contribution < -0.4 is 10.0 Å². The van der Waals surface area contributed by atoms with E-state index < -0.39 is 10.0 Å². The molecule has 5 heteroatoms. The van der Waals surface area contributed by atoms with Gasteiger partial charge in [0.25, 0.3) is 0 Å². The lowest BCUT2D eigenvalue weighted by molar-refractivity contribution is 0.308. The van der Waals surface area contributed by atoms with E-state index in [9.17, 15) is 8.42 Å². The number of nitrogens with one attached hydrogen (secondary N) is 2. The summed E-state index contributed by atoms with van der Waals surface area (Å²) < 4.78 is 27.9. The van der Waals surface area contributed by atoms with E-state index in [1.165, 1.54) is 5.56 Å². The van der Waals surface area contributed by atoms with Gasteiger partial charge in [-0.25, -0.2) is 13.1 Å². The fraction of sp³-hybridized carbons (Fsp3) is 0.625. The molecule has 1 aliphatic heterocycles. The molecule has 1 aliphatic rings. The van der Waals surface area contributed by atoms with E-state index >= 15 is 0 Å². The van der Waals surface area contributed by atoms with Crippen molar-refractivity contribution in [1.29, 1.82) is 0 Å². The lowest BCUT2D eigenvalue weighted by Gasteiger charge is -2.34. The van der Waals surface area contributed by atoms with Gasteiger partial charge in [0, 0.05) is 5.54 Å². The van der Waals surface area contributed by atoms with E-state index in [2.05, 4.69) is 23.9 Å². The molecule has 0 radical (unpaired) electrons. The molecule has 1 aromatic carbocycles. The third kappa shape index (κ3) is 4.53. The molecule has 2 rings (SSSR count). The Hall–Kier alpha value is -0.910. The second-order valence-electron chi connectivity index (χ2n) is 6.66. The average Bonchev–Trinajstić information content (AvgIpc) is 2.38. The molecule has 21 heavy (non-hydrogen) atoms. The van der Waals surface area contributed by atoms with Crippen molar-refractivity contribution < 1.29 is 8.42 Å². The molecule has 1 heterocycles. The molecule has 0 atom stereocenters. The number of sulfonamides is 1. The van der Waals surface area contributed by atoms with Crippen LogP contribution in [0, 0.1) is 5.92 Å². The van der Waals surface area contributed by atoms with E-state index in [0.29, 0.717) is 10.8 Å². The zero-order valence-electron chi connectivity index (χ0n) is 13.1. The lowest BCUT2D eigenvalue weighted by Crippen LogP contribution is -2.52. The maximum absolute atomic E-state index is 12.5. The lowest BCUT2D eigenvalue weighted by atomic mass is 9.92. The Labute approximate surface area is 128 Å². The molecule has 0 bridgehead atoms. The second kappa shape index (κ2) is 6.46. The van der Waals surface area contributed by atoms with Crippen LogP contribution in [0.1, 0.15) is 39.2 Å². The Bertz CT molecular complexity index is 558. The minimum atomic E-state index is -3.44. The Morgan fingerprint density at radius 3 is 2.29 bits per heavy atom. The largest absolute Gasteiger partial charge is 0.317 e. The van der Waals surface area contributed by atoms with Crippen LogP contribution in [0.25, 0.3) is 0 Å². The topological polar surface area (TPSA) is 58.2 Å². The molecule has 1 aromatic rings. The number of hydrogen-bond donors (Lipinski definition) is 2. The number of hydrogen-bond acceptors (Lipinski definition) is 3. The van der Waals surface area contributed by atoms with Crippen molar-refractivity contribution in [1.82, 2.24) is 10.0 Å². The molecule has 118 valence electrons. The molecule has 0 amide bonds. The Morgan fingerprint density at radius 2 is 1.76 bits per heavy atom. The zero-order chi connectivity index (χ0) is 15.5. The molecule has 0 spiro atoms. The number of rotatable bonds is 5. The van der Waals surface area contributed by atoms with Crippen molar-refractivity contribution in [3.8, 4) is 0 Å². The average molecular weight is 310 g/mol. The van der Waals surface area contributed by atoms with Gasteiger partial charge < -0.3 is 5.32 Å². The summed E-state index contributed by atoms with van der Waals surface area (Å²) in [4.78, 5) is 0.356. The van der Waals surface area contributed by atoms with Crippen LogP contribution in [0.3, 0.4) is 0 Å². The molecule has 2 N–H and O–H groups in total. The van der Waals surface area contributed by atoms with Crippen molar-refractivity contribution in [2.45, 2.75) is 50.5 Å². The fourth-order valence-corrected chi connectivity index (χ4v) is 4.21. The first-order chi connectivity index (χ1) is 9.81. The predicted molar refractivity (Wildman–Crippen MR) is 85.8 cm³/mol. The summed E-state index contributed by atoms with van der Waals surface area (Å²) in [6.45, 7) is 8.01. The van der Waals surface area contributed by atoms with Gasteiger partial charge in [-0.05, 0) is 62.9 Å². The van der Waals surface area contributed by atoms with Crippen molar-refractivity contribution in [3.05, 3.63) is 29.8 Å². The highest BCUT2D eigenvalue weighted by Gasteiger charge is 2.31. The molecular weight excluding hydrogens is 284 g/mol. The predicted octanol–water partition coefficient (Wildman–Crippen LogP) is 2.31. The maximum Gasteiger partial charge on any atom is 0.241 e. The Balaban J connectivity index is 2.11. The number of piperidine rings is 1. The van der Waals surface area contributed by atoms with Crippen LogP contribution in [0.15, 0.2) is 29.2 Å². The zero-order valence-corrected chi connectivity index (χ0v) is 14.0. The van der Waals surface area contributed by atoms with E-state index in [1.807, 2.05) is 19.1 Å². The highest BCUT2D eigenvalue weighted by Crippen LogP contribution is 2.21. The van der Waals surface area contributed by atoms with Crippen LogP contribution in [0.2, 0.25) is 0 Å². The molecule has 1 saturated heterocycles. The van der Waals surface area contributed by atoms with Crippen LogP contribution in [-0.2, 0) is 16.4 Å². The van der Waals surface area contributed by atoms with Crippen LogP contribution in [-0.4, -0.2) is 27.0 Å². The fourth-order valence-electron chi connectivity index (χ4n) is 2.74. The standard InChI is InChI=1S/C16H26N2O2S/c1-13(2)12-14-4-6-15(7-5-14)21(19,20)18-16(3)8-10-17-11-9-16/h4-7,13,17-18H,8-12H2,1-3H3. The number of benzene rings is 1. The second-order valence-corrected chi connectivity index (χ2v) is 8.34. The smallest absolute Gasteiger partial charge is 0.241 e.